The van der Waals surface area contributed by atoms with E-state index in [9.17, 15) is 0 Å². The number of likely N-dealkylation sites (tertiary alicyclic amines) is 1. The highest BCUT2D eigenvalue weighted by molar-refractivity contribution is 4.94. The van der Waals surface area contributed by atoms with Crippen molar-refractivity contribution in [2.75, 3.05) is 33.7 Å². The molecule has 1 saturated heterocycles. The minimum atomic E-state index is 0.292. The van der Waals surface area contributed by atoms with Gasteiger partial charge >= 0.3 is 0 Å². The van der Waals surface area contributed by atoms with E-state index < -0.39 is 0 Å². The zero-order chi connectivity index (χ0) is 13.0. The van der Waals surface area contributed by atoms with Crippen LogP contribution in [0.5, 0.6) is 0 Å². The standard InChI is InChI=1S/C15H31N3/c1-17-11-7-8-14(17)12-18(2)15(13-16)9-5-3-4-6-10-15/h14H,3-13,16H2,1-2H3. The Morgan fingerprint density at radius 3 is 2.33 bits per heavy atom. The van der Waals surface area contributed by atoms with Gasteiger partial charge < -0.3 is 10.6 Å². The lowest BCUT2D eigenvalue weighted by Gasteiger charge is -2.43. The molecule has 1 heterocycles. The summed E-state index contributed by atoms with van der Waals surface area (Å²) in [6.45, 7) is 3.31. The van der Waals surface area contributed by atoms with E-state index in [4.69, 9.17) is 5.73 Å². The van der Waals surface area contributed by atoms with Crippen LogP contribution in [-0.4, -0.2) is 55.1 Å². The Bertz CT molecular complexity index is 246. The summed E-state index contributed by atoms with van der Waals surface area (Å²) in [6, 6.07) is 0.752. The van der Waals surface area contributed by atoms with Gasteiger partial charge in [-0.1, -0.05) is 25.7 Å². The van der Waals surface area contributed by atoms with Gasteiger partial charge in [-0.15, -0.1) is 0 Å². The molecule has 18 heavy (non-hydrogen) atoms. The van der Waals surface area contributed by atoms with Gasteiger partial charge in [0, 0.05) is 24.7 Å². The van der Waals surface area contributed by atoms with E-state index in [2.05, 4.69) is 23.9 Å². The van der Waals surface area contributed by atoms with Gasteiger partial charge in [0.25, 0.3) is 0 Å². The Kier molecular flexibility index (Phi) is 5.05. The van der Waals surface area contributed by atoms with Gasteiger partial charge in [-0.05, 0) is 46.3 Å². The zero-order valence-corrected chi connectivity index (χ0v) is 12.3. The molecule has 0 radical (unpaired) electrons. The van der Waals surface area contributed by atoms with E-state index in [-0.39, 0.29) is 0 Å². The Labute approximate surface area is 113 Å². The van der Waals surface area contributed by atoms with Gasteiger partial charge in [0.2, 0.25) is 0 Å². The Morgan fingerprint density at radius 1 is 1.17 bits per heavy atom. The predicted octanol–water partition coefficient (Wildman–Crippen LogP) is 2.06. The summed E-state index contributed by atoms with van der Waals surface area (Å²) < 4.78 is 0. The number of likely N-dealkylation sites (N-methyl/N-ethyl adjacent to an activating group) is 2. The number of nitrogens with zero attached hydrogens (tertiary/aromatic N) is 2. The van der Waals surface area contributed by atoms with Crippen LogP contribution in [0.4, 0.5) is 0 Å². The molecule has 1 saturated carbocycles. The lowest BCUT2D eigenvalue weighted by Crippen LogP contribution is -2.54. The molecule has 0 spiro atoms. The van der Waals surface area contributed by atoms with Crippen molar-refractivity contribution in [1.29, 1.82) is 0 Å². The van der Waals surface area contributed by atoms with Crippen LogP contribution in [0, 0.1) is 0 Å². The molecule has 2 rings (SSSR count). The molecule has 2 aliphatic rings. The zero-order valence-electron chi connectivity index (χ0n) is 12.3. The second kappa shape index (κ2) is 6.36. The van der Waals surface area contributed by atoms with Crippen molar-refractivity contribution in [3.05, 3.63) is 0 Å². The lowest BCUT2D eigenvalue weighted by molar-refractivity contribution is 0.0813. The maximum atomic E-state index is 6.16. The molecule has 3 nitrogen and oxygen atoms in total. The first-order chi connectivity index (χ1) is 8.68. The fraction of sp³-hybridized carbons (Fsp3) is 1.00. The molecule has 3 heteroatoms. The number of nitrogens with two attached hydrogens (primary N) is 1. The molecule has 2 fully saturated rings. The number of hydrogen-bond donors (Lipinski definition) is 1. The van der Waals surface area contributed by atoms with Gasteiger partial charge in [0.05, 0.1) is 0 Å². The molecule has 0 amide bonds. The highest BCUT2D eigenvalue weighted by atomic mass is 15.2. The van der Waals surface area contributed by atoms with Crippen LogP contribution in [0.1, 0.15) is 51.4 Å². The first kappa shape index (κ1) is 14.3. The summed E-state index contributed by atoms with van der Waals surface area (Å²) in [5.74, 6) is 0. The Balaban J connectivity index is 1.97. The smallest absolute Gasteiger partial charge is 0.0329 e. The van der Waals surface area contributed by atoms with Crippen LogP contribution in [0.15, 0.2) is 0 Å². The quantitative estimate of drug-likeness (QED) is 0.779. The summed E-state index contributed by atoms with van der Waals surface area (Å²) >= 11 is 0. The summed E-state index contributed by atoms with van der Waals surface area (Å²) in [6.07, 6.45) is 10.9. The van der Waals surface area contributed by atoms with Crippen molar-refractivity contribution < 1.29 is 0 Å². The van der Waals surface area contributed by atoms with E-state index >= 15 is 0 Å². The van der Waals surface area contributed by atoms with E-state index in [1.54, 1.807) is 0 Å². The molecular formula is C15H31N3. The summed E-state index contributed by atoms with van der Waals surface area (Å²) in [7, 11) is 4.58. The molecule has 0 aromatic carbocycles. The third kappa shape index (κ3) is 3.06. The topological polar surface area (TPSA) is 32.5 Å². The molecule has 2 N–H and O–H groups in total. The lowest BCUT2D eigenvalue weighted by atomic mass is 9.88. The van der Waals surface area contributed by atoms with E-state index in [0.29, 0.717) is 5.54 Å². The average molecular weight is 253 g/mol. The van der Waals surface area contributed by atoms with Crippen LogP contribution in [-0.2, 0) is 0 Å². The second-order valence-electron chi connectivity index (χ2n) is 6.50. The normalized spacial score (nSPS) is 29.7. The van der Waals surface area contributed by atoms with E-state index in [0.717, 1.165) is 12.6 Å². The minimum absolute atomic E-state index is 0.292. The molecule has 0 aromatic heterocycles. The van der Waals surface area contributed by atoms with Crippen molar-refractivity contribution in [2.45, 2.75) is 62.9 Å². The molecule has 0 bridgehead atoms. The van der Waals surface area contributed by atoms with Crippen molar-refractivity contribution in [3.8, 4) is 0 Å². The summed E-state index contributed by atoms with van der Waals surface area (Å²) in [5, 5.41) is 0. The van der Waals surface area contributed by atoms with Crippen LogP contribution in [0.2, 0.25) is 0 Å². The molecule has 1 aliphatic heterocycles. The minimum Gasteiger partial charge on any atom is -0.329 e. The predicted molar refractivity (Wildman–Crippen MR) is 77.8 cm³/mol. The third-order valence-corrected chi connectivity index (χ3v) is 5.38. The van der Waals surface area contributed by atoms with Crippen LogP contribution in [0.25, 0.3) is 0 Å². The first-order valence-corrected chi connectivity index (χ1v) is 7.79. The molecular weight excluding hydrogens is 222 g/mol. The van der Waals surface area contributed by atoms with Crippen molar-refractivity contribution in [1.82, 2.24) is 9.80 Å². The third-order valence-electron chi connectivity index (χ3n) is 5.38. The fourth-order valence-electron chi connectivity index (χ4n) is 3.85. The van der Waals surface area contributed by atoms with Crippen molar-refractivity contribution >= 4 is 0 Å². The van der Waals surface area contributed by atoms with Crippen molar-refractivity contribution in [2.24, 2.45) is 5.73 Å². The van der Waals surface area contributed by atoms with Crippen LogP contribution in [0.3, 0.4) is 0 Å². The van der Waals surface area contributed by atoms with Gasteiger partial charge in [0.15, 0.2) is 0 Å². The summed E-state index contributed by atoms with van der Waals surface area (Å²) in [5.41, 5.74) is 6.45. The van der Waals surface area contributed by atoms with Crippen LogP contribution < -0.4 is 5.73 Å². The Morgan fingerprint density at radius 2 is 1.83 bits per heavy atom. The Hall–Kier alpha value is -0.120. The fourth-order valence-corrected chi connectivity index (χ4v) is 3.85. The van der Waals surface area contributed by atoms with Gasteiger partial charge in [-0.3, -0.25) is 4.90 Å². The molecule has 0 aromatic rings. The molecule has 1 unspecified atom stereocenters. The molecule has 106 valence electrons. The van der Waals surface area contributed by atoms with Gasteiger partial charge in [0.1, 0.15) is 0 Å². The second-order valence-corrected chi connectivity index (χ2v) is 6.50. The maximum Gasteiger partial charge on any atom is 0.0329 e. The van der Waals surface area contributed by atoms with Gasteiger partial charge in [-0.2, -0.15) is 0 Å². The highest BCUT2D eigenvalue weighted by Crippen LogP contribution is 2.32. The highest BCUT2D eigenvalue weighted by Gasteiger charge is 2.35. The number of rotatable bonds is 4. The first-order valence-electron chi connectivity index (χ1n) is 7.79. The summed E-state index contributed by atoms with van der Waals surface area (Å²) in [4.78, 5) is 5.13. The average Bonchev–Trinajstić information content (AvgIpc) is 2.66. The largest absolute Gasteiger partial charge is 0.329 e. The van der Waals surface area contributed by atoms with E-state index in [1.807, 2.05) is 0 Å². The van der Waals surface area contributed by atoms with Crippen molar-refractivity contribution in [3.63, 3.8) is 0 Å². The van der Waals surface area contributed by atoms with E-state index in [1.165, 1.54) is 64.5 Å². The monoisotopic (exact) mass is 253 g/mol. The SMILES string of the molecule is CN1CCCC1CN(C)C1(CN)CCCCCC1. The van der Waals surface area contributed by atoms with Crippen LogP contribution >= 0.6 is 0 Å². The molecule has 1 aliphatic carbocycles. The molecule has 1 atom stereocenters. The van der Waals surface area contributed by atoms with Gasteiger partial charge in [-0.25, -0.2) is 0 Å². The number of hydrogen-bond acceptors (Lipinski definition) is 3. The maximum absolute atomic E-state index is 6.16.